The van der Waals surface area contributed by atoms with Crippen molar-refractivity contribution in [3.05, 3.63) is 63.4 Å². The van der Waals surface area contributed by atoms with Crippen LogP contribution in [0, 0.1) is 6.92 Å². The zero-order chi connectivity index (χ0) is 21.9. The number of anilines is 1. The molecule has 0 fully saturated rings. The number of benzene rings is 2. The van der Waals surface area contributed by atoms with Crippen LogP contribution < -0.4 is 5.32 Å². The number of carbonyl (C=O) groups is 1. The molecule has 3 aromatic rings. The van der Waals surface area contributed by atoms with E-state index in [4.69, 9.17) is 11.6 Å². The maximum atomic E-state index is 12.8. The number of aromatic nitrogens is 1. The average molecular weight is 464 g/mol. The molecular formula is C21H22ClN3O3S2. The third-order valence-electron chi connectivity index (χ3n) is 4.57. The molecule has 3 rings (SSSR count). The normalized spacial score (nSPS) is 11.6. The summed E-state index contributed by atoms with van der Waals surface area (Å²) >= 11 is 7.72. The number of nitrogens with zero attached hydrogens (tertiary/aromatic N) is 2. The predicted octanol–water partition coefficient (Wildman–Crippen LogP) is 5.05. The molecule has 0 saturated heterocycles. The molecule has 9 heteroatoms. The number of carbonyl (C=O) groups excluding carboxylic acids is 1. The molecule has 0 saturated carbocycles. The zero-order valence-corrected chi connectivity index (χ0v) is 19.2. The van der Waals surface area contributed by atoms with Crippen LogP contribution in [0.15, 0.2) is 52.7 Å². The molecule has 6 nitrogen and oxygen atoms in total. The molecule has 0 radical (unpaired) electrons. The second kappa shape index (κ2) is 9.26. The number of hydrogen-bond acceptors (Lipinski definition) is 5. The van der Waals surface area contributed by atoms with E-state index in [0.717, 1.165) is 16.3 Å². The van der Waals surface area contributed by atoms with Crippen molar-refractivity contribution in [3.8, 4) is 11.3 Å². The quantitative estimate of drug-likeness (QED) is 0.531. The average Bonchev–Trinajstić information content (AvgIpc) is 3.15. The molecule has 1 heterocycles. The maximum Gasteiger partial charge on any atom is 0.255 e. The number of halogens is 1. The lowest BCUT2D eigenvalue weighted by Gasteiger charge is -2.19. The summed E-state index contributed by atoms with van der Waals surface area (Å²) < 4.78 is 27.0. The van der Waals surface area contributed by atoms with E-state index in [-0.39, 0.29) is 15.5 Å². The third-order valence-corrected chi connectivity index (χ3v) is 7.88. The lowest BCUT2D eigenvalue weighted by atomic mass is 10.1. The Morgan fingerprint density at radius 2 is 1.80 bits per heavy atom. The van der Waals surface area contributed by atoms with Crippen molar-refractivity contribution in [2.45, 2.75) is 25.7 Å². The molecule has 30 heavy (non-hydrogen) atoms. The molecular weight excluding hydrogens is 442 g/mol. The van der Waals surface area contributed by atoms with Gasteiger partial charge in [0.2, 0.25) is 10.0 Å². The molecule has 158 valence electrons. The van der Waals surface area contributed by atoms with Crippen molar-refractivity contribution in [1.29, 1.82) is 0 Å². The molecule has 0 aliphatic heterocycles. The molecule has 0 atom stereocenters. The van der Waals surface area contributed by atoms with Crippen LogP contribution in [0.1, 0.15) is 29.2 Å². The second-order valence-electron chi connectivity index (χ2n) is 6.52. The number of aryl methyl sites for hydroxylation is 1. The van der Waals surface area contributed by atoms with Crippen molar-refractivity contribution in [2.24, 2.45) is 0 Å². The standard InChI is InChI=1S/C21H22ClN3O3S2/c1-4-25(5-2)30(27,28)20-12-16(8-11-18(20)22)21(26)24-17-9-6-15(7-10-17)19-13-29-14(3)23-19/h6-13H,4-5H2,1-3H3,(H,24,26). The molecule has 0 aliphatic rings. The van der Waals surface area contributed by atoms with Gasteiger partial charge in [-0.1, -0.05) is 37.6 Å². The lowest BCUT2D eigenvalue weighted by molar-refractivity contribution is 0.102. The van der Waals surface area contributed by atoms with E-state index >= 15 is 0 Å². The van der Waals surface area contributed by atoms with Crippen LogP contribution in [-0.2, 0) is 10.0 Å². The Morgan fingerprint density at radius 1 is 1.13 bits per heavy atom. The molecule has 0 unspecified atom stereocenters. The van der Waals surface area contributed by atoms with Crippen molar-refractivity contribution >= 4 is 44.6 Å². The van der Waals surface area contributed by atoms with Crippen LogP contribution in [0.4, 0.5) is 5.69 Å². The van der Waals surface area contributed by atoms with Crippen LogP contribution in [-0.4, -0.2) is 36.7 Å². The fourth-order valence-electron chi connectivity index (χ4n) is 2.97. The Bertz CT molecular complexity index is 1150. The number of hydrogen-bond donors (Lipinski definition) is 1. The first kappa shape index (κ1) is 22.4. The highest BCUT2D eigenvalue weighted by atomic mass is 35.5. The first-order valence-corrected chi connectivity index (χ1v) is 12.1. The summed E-state index contributed by atoms with van der Waals surface area (Å²) in [7, 11) is -3.78. The first-order valence-electron chi connectivity index (χ1n) is 9.39. The number of amides is 1. The Labute approximate surface area is 185 Å². The SMILES string of the molecule is CCN(CC)S(=O)(=O)c1cc(C(=O)Nc2ccc(-c3csc(C)n3)cc2)ccc1Cl. The summed E-state index contributed by atoms with van der Waals surface area (Å²) in [5.41, 5.74) is 2.65. The highest BCUT2D eigenvalue weighted by Crippen LogP contribution is 2.27. The highest BCUT2D eigenvalue weighted by Gasteiger charge is 2.25. The number of rotatable bonds is 7. The van der Waals surface area contributed by atoms with Gasteiger partial charge < -0.3 is 5.32 Å². The summed E-state index contributed by atoms with van der Waals surface area (Å²) in [5, 5.41) is 5.84. The third kappa shape index (κ3) is 4.73. The summed E-state index contributed by atoms with van der Waals surface area (Å²) in [6, 6.07) is 11.6. The summed E-state index contributed by atoms with van der Waals surface area (Å²) in [6.45, 7) is 6.08. The molecule has 1 aromatic heterocycles. The van der Waals surface area contributed by atoms with Crippen LogP contribution in [0.2, 0.25) is 5.02 Å². The van der Waals surface area contributed by atoms with Crippen molar-refractivity contribution in [1.82, 2.24) is 9.29 Å². The van der Waals surface area contributed by atoms with Gasteiger partial charge in [-0.05, 0) is 37.3 Å². The van der Waals surface area contributed by atoms with Crippen molar-refractivity contribution in [2.75, 3.05) is 18.4 Å². The van der Waals surface area contributed by atoms with Crippen LogP contribution in [0.3, 0.4) is 0 Å². The molecule has 1 N–H and O–H groups in total. The Kier molecular flexibility index (Phi) is 6.92. The smallest absolute Gasteiger partial charge is 0.255 e. The minimum atomic E-state index is -3.78. The van der Waals surface area contributed by atoms with Crippen molar-refractivity contribution < 1.29 is 13.2 Å². The van der Waals surface area contributed by atoms with Crippen molar-refractivity contribution in [3.63, 3.8) is 0 Å². The van der Waals surface area contributed by atoms with E-state index in [1.54, 1.807) is 37.3 Å². The van der Waals surface area contributed by atoms with Crippen LogP contribution in [0.5, 0.6) is 0 Å². The molecule has 0 spiro atoms. The topological polar surface area (TPSA) is 79.4 Å². The van der Waals surface area contributed by atoms with E-state index in [2.05, 4.69) is 10.3 Å². The van der Waals surface area contributed by atoms with Gasteiger partial charge >= 0.3 is 0 Å². The van der Waals surface area contributed by atoms with E-state index < -0.39 is 15.9 Å². The lowest BCUT2D eigenvalue weighted by Crippen LogP contribution is -2.31. The van der Waals surface area contributed by atoms with Gasteiger partial charge in [0, 0.05) is 35.3 Å². The first-order chi connectivity index (χ1) is 14.3. The fraction of sp³-hybridized carbons (Fsp3) is 0.238. The zero-order valence-electron chi connectivity index (χ0n) is 16.8. The van der Waals surface area contributed by atoms with Gasteiger partial charge in [-0.3, -0.25) is 4.79 Å². The minimum absolute atomic E-state index is 0.0743. The van der Waals surface area contributed by atoms with Gasteiger partial charge in [-0.15, -0.1) is 11.3 Å². The molecule has 0 aliphatic carbocycles. The largest absolute Gasteiger partial charge is 0.322 e. The summed E-state index contributed by atoms with van der Waals surface area (Å²) in [6.07, 6.45) is 0. The van der Waals surface area contributed by atoms with E-state index in [0.29, 0.717) is 18.8 Å². The number of sulfonamides is 1. The maximum absolute atomic E-state index is 12.8. The van der Waals surface area contributed by atoms with Gasteiger partial charge in [0.15, 0.2) is 0 Å². The van der Waals surface area contributed by atoms with Gasteiger partial charge in [0.25, 0.3) is 5.91 Å². The highest BCUT2D eigenvalue weighted by molar-refractivity contribution is 7.89. The van der Waals surface area contributed by atoms with E-state index in [9.17, 15) is 13.2 Å². The minimum Gasteiger partial charge on any atom is -0.322 e. The molecule has 1 amide bonds. The van der Waals surface area contributed by atoms with E-state index in [1.165, 1.54) is 22.5 Å². The summed E-state index contributed by atoms with van der Waals surface area (Å²) in [5.74, 6) is -0.417. The fourth-order valence-corrected chi connectivity index (χ4v) is 5.55. The second-order valence-corrected chi connectivity index (χ2v) is 9.89. The van der Waals surface area contributed by atoms with Gasteiger partial charge in [0.1, 0.15) is 4.90 Å². The van der Waals surface area contributed by atoms with Crippen LogP contribution in [0.25, 0.3) is 11.3 Å². The van der Waals surface area contributed by atoms with Gasteiger partial charge in [0.05, 0.1) is 15.7 Å². The Morgan fingerprint density at radius 3 is 2.37 bits per heavy atom. The Hall–Kier alpha value is -2.26. The molecule has 0 bridgehead atoms. The van der Waals surface area contributed by atoms with Gasteiger partial charge in [-0.25, -0.2) is 13.4 Å². The number of nitrogens with one attached hydrogen (secondary N) is 1. The molecule has 2 aromatic carbocycles. The Balaban J connectivity index is 1.82. The predicted molar refractivity (Wildman–Crippen MR) is 122 cm³/mol. The number of thiazole rings is 1. The van der Waals surface area contributed by atoms with Gasteiger partial charge in [-0.2, -0.15) is 4.31 Å². The monoisotopic (exact) mass is 463 g/mol. The van der Waals surface area contributed by atoms with Crippen LogP contribution >= 0.6 is 22.9 Å². The van der Waals surface area contributed by atoms with E-state index in [1.807, 2.05) is 24.4 Å². The summed E-state index contributed by atoms with van der Waals surface area (Å²) in [4.78, 5) is 17.1.